The molecule has 110 valence electrons. The van der Waals surface area contributed by atoms with Crippen molar-refractivity contribution < 1.29 is 9.53 Å². The van der Waals surface area contributed by atoms with Crippen LogP contribution in [0.15, 0.2) is 24.3 Å². The second-order valence-corrected chi connectivity index (χ2v) is 5.21. The van der Waals surface area contributed by atoms with Crippen molar-refractivity contribution in [2.24, 2.45) is 5.73 Å². The molecule has 1 aromatic rings. The fraction of sp³-hybridized carbons (Fsp3) is 0.467. The molecule has 0 saturated carbocycles. The van der Waals surface area contributed by atoms with Gasteiger partial charge in [0.2, 0.25) is 5.91 Å². The van der Waals surface area contributed by atoms with E-state index in [0.717, 1.165) is 30.6 Å². The first-order valence-electron chi connectivity index (χ1n) is 6.82. The average molecular weight is 294 g/mol. The van der Waals surface area contributed by atoms with Crippen molar-refractivity contribution >= 4 is 23.1 Å². The molecule has 0 heterocycles. The van der Waals surface area contributed by atoms with Crippen molar-refractivity contribution in [3.63, 3.8) is 0 Å². The molecule has 0 aliphatic carbocycles. The molecule has 0 unspecified atom stereocenters. The lowest BCUT2D eigenvalue weighted by molar-refractivity contribution is -0.121. The lowest BCUT2D eigenvalue weighted by atomic mass is 10.2. The molecule has 20 heavy (non-hydrogen) atoms. The number of nitrogens with one attached hydrogen (secondary N) is 1. The minimum absolute atomic E-state index is 0.00739. The number of hydrogen-bond acceptors (Lipinski definition) is 3. The van der Waals surface area contributed by atoms with Gasteiger partial charge in [-0.15, -0.1) is 0 Å². The monoisotopic (exact) mass is 294 g/mol. The third-order valence-electron chi connectivity index (χ3n) is 2.76. The summed E-state index contributed by atoms with van der Waals surface area (Å²) >= 11 is 4.78. The summed E-state index contributed by atoms with van der Waals surface area (Å²) in [6.07, 6.45) is 2.90. The van der Waals surface area contributed by atoms with Gasteiger partial charge in [-0.25, -0.2) is 0 Å². The van der Waals surface area contributed by atoms with Crippen molar-refractivity contribution in [2.75, 3.05) is 13.2 Å². The number of hydrogen-bond donors (Lipinski definition) is 2. The number of ether oxygens (including phenoxy) is 1. The predicted molar refractivity (Wildman–Crippen MR) is 84.9 cm³/mol. The number of aryl methyl sites for hydroxylation is 1. The predicted octanol–water partition coefficient (Wildman–Crippen LogP) is 2.34. The van der Waals surface area contributed by atoms with Crippen LogP contribution in [-0.4, -0.2) is 24.0 Å². The first kappa shape index (κ1) is 16.4. The Morgan fingerprint density at radius 1 is 1.35 bits per heavy atom. The minimum Gasteiger partial charge on any atom is -0.493 e. The first-order chi connectivity index (χ1) is 9.58. The van der Waals surface area contributed by atoms with Crippen LogP contribution in [0.2, 0.25) is 0 Å². The maximum absolute atomic E-state index is 11.6. The molecule has 0 aliphatic heterocycles. The van der Waals surface area contributed by atoms with Crippen LogP contribution in [0.1, 0.15) is 31.2 Å². The Labute approximate surface area is 125 Å². The Morgan fingerprint density at radius 2 is 2.15 bits per heavy atom. The number of unbranched alkanes of at least 4 members (excludes halogenated alkanes) is 1. The average Bonchev–Trinajstić information content (AvgIpc) is 2.38. The quantitative estimate of drug-likeness (QED) is 0.542. The normalized spacial score (nSPS) is 10.1. The number of amides is 1. The van der Waals surface area contributed by atoms with E-state index >= 15 is 0 Å². The Kier molecular flexibility index (Phi) is 7.65. The molecule has 0 aliphatic rings. The van der Waals surface area contributed by atoms with Gasteiger partial charge in [0.05, 0.1) is 18.0 Å². The number of carbonyl (C=O) groups excluding carboxylic acids is 1. The summed E-state index contributed by atoms with van der Waals surface area (Å²) in [5.74, 6) is 0.808. The van der Waals surface area contributed by atoms with Gasteiger partial charge < -0.3 is 15.8 Å². The van der Waals surface area contributed by atoms with Gasteiger partial charge in [-0.05, 0) is 43.9 Å². The van der Waals surface area contributed by atoms with Crippen LogP contribution in [0.25, 0.3) is 0 Å². The smallest absolute Gasteiger partial charge is 0.223 e. The Morgan fingerprint density at radius 3 is 2.85 bits per heavy atom. The Bertz CT molecular complexity index is 449. The highest BCUT2D eigenvalue weighted by Crippen LogP contribution is 2.12. The van der Waals surface area contributed by atoms with Gasteiger partial charge in [-0.1, -0.05) is 24.4 Å². The van der Waals surface area contributed by atoms with Gasteiger partial charge in [-0.2, -0.15) is 0 Å². The SMILES string of the molecule is Cc1cccc(OCCC(=O)NCCCCC(N)=S)c1. The van der Waals surface area contributed by atoms with Crippen LogP contribution >= 0.6 is 12.2 Å². The van der Waals surface area contributed by atoms with E-state index in [2.05, 4.69) is 5.32 Å². The highest BCUT2D eigenvalue weighted by atomic mass is 32.1. The molecular formula is C15H22N2O2S. The fourth-order valence-electron chi connectivity index (χ4n) is 1.71. The van der Waals surface area contributed by atoms with Crippen LogP contribution < -0.4 is 15.8 Å². The van der Waals surface area contributed by atoms with E-state index in [1.807, 2.05) is 31.2 Å². The minimum atomic E-state index is 0.00739. The molecule has 1 aromatic carbocycles. The molecule has 4 nitrogen and oxygen atoms in total. The second-order valence-electron chi connectivity index (χ2n) is 4.69. The first-order valence-corrected chi connectivity index (χ1v) is 7.23. The van der Waals surface area contributed by atoms with Gasteiger partial charge in [0.15, 0.2) is 0 Å². The van der Waals surface area contributed by atoms with Gasteiger partial charge in [0, 0.05) is 6.54 Å². The fourth-order valence-corrected chi connectivity index (χ4v) is 1.85. The molecule has 1 amide bonds. The van der Waals surface area contributed by atoms with E-state index in [0.29, 0.717) is 24.6 Å². The molecule has 0 spiro atoms. The summed E-state index contributed by atoms with van der Waals surface area (Å²) in [5, 5.41) is 2.85. The van der Waals surface area contributed by atoms with Gasteiger partial charge >= 0.3 is 0 Å². The Balaban J connectivity index is 2.07. The lowest BCUT2D eigenvalue weighted by Crippen LogP contribution is -2.26. The molecule has 1 rings (SSSR count). The van der Waals surface area contributed by atoms with Crippen LogP contribution in [0, 0.1) is 6.92 Å². The molecule has 3 N–H and O–H groups in total. The van der Waals surface area contributed by atoms with E-state index in [-0.39, 0.29) is 5.91 Å². The molecule has 0 fully saturated rings. The molecule has 0 bridgehead atoms. The number of thiocarbonyl (C=S) groups is 1. The number of carbonyl (C=O) groups is 1. The Hall–Kier alpha value is -1.62. The molecule has 0 aromatic heterocycles. The largest absolute Gasteiger partial charge is 0.493 e. The van der Waals surface area contributed by atoms with E-state index in [4.69, 9.17) is 22.7 Å². The highest BCUT2D eigenvalue weighted by molar-refractivity contribution is 7.80. The van der Waals surface area contributed by atoms with Crippen molar-refractivity contribution in [3.8, 4) is 5.75 Å². The molecule has 0 radical (unpaired) electrons. The van der Waals surface area contributed by atoms with Crippen LogP contribution in [-0.2, 0) is 4.79 Å². The molecular weight excluding hydrogens is 272 g/mol. The third-order valence-corrected chi connectivity index (χ3v) is 2.96. The van der Waals surface area contributed by atoms with Gasteiger partial charge in [-0.3, -0.25) is 4.79 Å². The topological polar surface area (TPSA) is 64.3 Å². The maximum Gasteiger partial charge on any atom is 0.223 e. The summed E-state index contributed by atoms with van der Waals surface area (Å²) in [6.45, 7) is 3.06. The van der Waals surface area contributed by atoms with Crippen LogP contribution in [0.4, 0.5) is 0 Å². The van der Waals surface area contributed by atoms with Crippen molar-refractivity contribution in [1.29, 1.82) is 0 Å². The number of benzene rings is 1. The number of rotatable bonds is 9. The van der Waals surface area contributed by atoms with Gasteiger partial charge in [0.25, 0.3) is 0 Å². The second kappa shape index (κ2) is 9.31. The van der Waals surface area contributed by atoms with Crippen LogP contribution in [0.3, 0.4) is 0 Å². The van der Waals surface area contributed by atoms with Crippen molar-refractivity contribution in [3.05, 3.63) is 29.8 Å². The summed E-state index contributed by atoms with van der Waals surface area (Å²) in [4.78, 5) is 12.1. The van der Waals surface area contributed by atoms with Crippen LogP contribution in [0.5, 0.6) is 5.75 Å². The van der Waals surface area contributed by atoms with E-state index < -0.39 is 0 Å². The van der Waals surface area contributed by atoms with Gasteiger partial charge in [0.1, 0.15) is 5.75 Å². The van der Waals surface area contributed by atoms with Crippen molar-refractivity contribution in [2.45, 2.75) is 32.6 Å². The summed E-state index contributed by atoms with van der Waals surface area (Å²) in [7, 11) is 0. The molecule has 5 heteroatoms. The lowest BCUT2D eigenvalue weighted by Gasteiger charge is -2.07. The summed E-state index contributed by atoms with van der Waals surface area (Å²) in [6, 6.07) is 7.79. The maximum atomic E-state index is 11.6. The zero-order valence-electron chi connectivity index (χ0n) is 11.9. The molecule has 0 saturated heterocycles. The molecule has 0 atom stereocenters. The zero-order valence-corrected chi connectivity index (χ0v) is 12.7. The number of nitrogens with two attached hydrogens (primary N) is 1. The highest BCUT2D eigenvalue weighted by Gasteiger charge is 2.01. The summed E-state index contributed by atoms with van der Waals surface area (Å²) < 4.78 is 5.52. The summed E-state index contributed by atoms with van der Waals surface area (Å²) in [5.41, 5.74) is 6.54. The van der Waals surface area contributed by atoms with E-state index in [1.54, 1.807) is 0 Å². The van der Waals surface area contributed by atoms with Crippen molar-refractivity contribution in [1.82, 2.24) is 5.32 Å². The zero-order chi connectivity index (χ0) is 14.8. The van der Waals surface area contributed by atoms with E-state index in [9.17, 15) is 4.79 Å². The third kappa shape index (κ3) is 7.74. The van der Waals surface area contributed by atoms with E-state index in [1.165, 1.54) is 0 Å². The standard InChI is InChI=1S/C15H22N2O2S/c1-12-5-4-6-13(11-12)19-10-8-15(18)17-9-3-2-7-14(16)20/h4-6,11H,2-3,7-10H2,1H3,(H2,16,20)(H,17,18).